The van der Waals surface area contributed by atoms with E-state index in [9.17, 15) is 23.1 Å². The zero-order valence-electron chi connectivity index (χ0n) is 22.3. The number of rotatable bonds is 8. The first-order valence-electron chi connectivity index (χ1n) is 12.7. The molecule has 10 nitrogen and oxygen atoms in total. The van der Waals surface area contributed by atoms with E-state index in [1.807, 2.05) is 6.92 Å². The fourth-order valence-corrected chi connectivity index (χ4v) is 5.67. The Morgan fingerprint density at radius 2 is 1.88 bits per heavy atom. The standard InChI is InChI=1S/C28H31ClN4O6S/c1-18-15-33(19(2)17-34)28(36)24-14-22(31-27(35)20-10-12-30-13-11-20)6-9-25(24)39-26(18)16-32(3)40(37,38)23-7-4-21(29)5-8-23/h4-14,18-19,26,34H,15-17H2,1-3H3,(H,31,35)/t18-,19-,26-/m1/s1. The van der Waals surface area contributed by atoms with Gasteiger partial charge in [0.1, 0.15) is 11.9 Å². The topological polar surface area (TPSA) is 129 Å². The van der Waals surface area contributed by atoms with Crippen LogP contribution in [0.25, 0.3) is 0 Å². The fourth-order valence-electron chi connectivity index (χ4n) is 4.36. The van der Waals surface area contributed by atoms with Crippen LogP contribution in [0, 0.1) is 5.92 Å². The number of anilines is 1. The number of sulfonamides is 1. The fraction of sp³-hybridized carbons (Fsp3) is 0.321. The Balaban J connectivity index is 1.65. The molecule has 1 aliphatic rings. The molecular formula is C28H31ClN4O6S. The molecule has 4 rings (SSSR count). The molecule has 0 spiro atoms. The summed E-state index contributed by atoms with van der Waals surface area (Å²) in [5, 5.41) is 13.1. The van der Waals surface area contributed by atoms with E-state index in [2.05, 4.69) is 10.3 Å². The first kappa shape index (κ1) is 29.5. The van der Waals surface area contributed by atoms with Crippen LogP contribution >= 0.6 is 11.6 Å². The molecule has 2 N–H and O–H groups in total. The summed E-state index contributed by atoms with van der Waals surface area (Å²) >= 11 is 5.93. The van der Waals surface area contributed by atoms with Crippen molar-refractivity contribution in [1.29, 1.82) is 0 Å². The maximum Gasteiger partial charge on any atom is 0.258 e. The summed E-state index contributed by atoms with van der Waals surface area (Å²) in [6, 6.07) is 13.3. The number of carbonyl (C=O) groups is 2. The molecule has 3 atom stereocenters. The van der Waals surface area contributed by atoms with Crippen LogP contribution in [0.4, 0.5) is 5.69 Å². The minimum absolute atomic E-state index is 0.00162. The van der Waals surface area contributed by atoms with Gasteiger partial charge in [0.2, 0.25) is 10.0 Å². The zero-order chi connectivity index (χ0) is 29.0. The lowest BCUT2D eigenvalue weighted by molar-refractivity contribution is 0.0387. The van der Waals surface area contributed by atoms with Crippen LogP contribution in [0.1, 0.15) is 34.6 Å². The summed E-state index contributed by atoms with van der Waals surface area (Å²) in [7, 11) is -2.38. The summed E-state index contributed by atoms with van der Waals surface area (Å²) in [5.41, 5.74) is 0.966. The number of nitrogens with one attached hydrogen (secondary N) is 1. The van der Waals surface area contributed by atoms with E-state index < -0.39 is 22.2 Å². The largest absolute Gasteiger partial charge is 0.488 e. The predicted molar refractivity (Wildman–Crippen MR) is 151 cm³/mol. The molecule has 0 aliphatic carbocycles. The van der Waals surface area contributed by atoms with Gasteiger partial charge < -0.3 is 20.1 Å². The number of ether oxygens (including phenoxy) is 1. The van der Waals surface area contributed by atoms with Crippen LogP contribution in [0.15, 0.2) is 71.9 Å². The lowest BCUT2D eigenvalue weighted by atomic mass is 9.99. The van der Waals surface area contributed by atoms with Crippen molar-refractivity contribution in [2.24, 2.45) is 5.92 Å². The van der Waals surface area contributed by atoms with Crippen LogP contribution in [-0.2, 0) is 10.0 Å². The van der Waals surface area contributed by atoms with Gasteiger partial charge in [0.05, 0.1) is 29.7 Å². The summed E-state index contributed by atoms with van der Waals surface area (Å²) in [5.74, 6) is -0.789. The molecule has 2 aromatic carbocycles. The molecule has 0 fully saturated rings. The van der Waals surface area contributed by atoms with Crippen LogP contribution in [0.3, 0.4) is 0 Å². The van der Waals surface area contributed by atoms with Gasteiger partial charge in [0.15, 0.2) is 0 Å². The third-order valence-corrected chi connectivity index (χ3v) is 8.91. The SMILES string of the molecule is C[C@@H]1CN([C@H](C)CO)C(=O)c2cc(NC(=O)c3ccncc3)ccc2O[C@@H]1CN(C)S(=O)(=O)c1ccc(Cl)cc1. The maximum absolute atomic E-state index is 13.6. The van der Waals surface area contributed by atoms with E-state index in [1.54, 1.807) is 36.1 Å². The summed E-state index contributed by atoms with van der Waals surface area (Å²) in [6.07, 6.45) is 2.38. The highest BCUT2D eigenvalue weighted by molar-refractivity contribution is 7.89. The van der Waals surface area contributed by atoms with Crippen molar-refractivity contribution in [3.8, 4) is 5.75 Å². The van der Waals surface area contributed by atoms with Gasteiger partial charge in [-0.2, -0.15) is 4.31 Å². The Hall–Kier alpha value is -3.51. The molecule has 0 radical (unpaired) electrons. The zero-order valence-corrected chi connectivity index (χ0v) is 23.9. The number of likely N-dealkylation sites (N-methyl/N-ethyl adjacent to an activating group) is 1. The van der Waals surface area contributed by atoms with Crippen molar-refractivity contribution in [2.45, 2.75) is 30.9 Å². The number of nitrogens with zero attached hydrogens (tertiary/aromatic N) is 3. The van der Waals surface area contributed by atoms with Crippen molar-refractivity contribution < 1.29 is 27.9 Å². The first-order chi connectivity index (χ1) is 19.0. The summed E-state index contributed by atoms with van der Waals surface area (Å²) in [4.78, 5) is 31.9. The minimum Gasteiger partial charge on any atom is -0.488 e. The van der Waals surface area contributed by atoms with Crippen LogP contribution in [-0.4, -0.2) is 78.4 Å². The smallest absolute Gasteiger partial charge is 0.258 e. The third-order valence-electron chi connectivity index (χ3n) is 6.82. The maximum atomic E-state index is 13.6. The average Bonchev–Trinajstić information content (AvgIpc) is 2.95. The number of fused-ring (bicyclic) bond motifs is 1. The van der Waals surface area contributed by atoms with Crippen molar-refractivity contribution >= 4 is 39.1 Å². The van der Waals surface area contributed by atoms with Gasteiger partial charge in [-0.1, -0.05) is 18.5 Å². The molecule has 212 valence electrons. The van der Waals surface area contributed by atoms with Crippen LogP contribution in [0.5, 0.6) is 5.75 Å². The van der Waals surface area contributed by atoms with Crippen molar-refractivity contribution in [3.05, 3.63) is 83.1 Å². The minimum atomic E-state index is -3.85. The number of benzene rings is 2. The number of hydrogen-bond donors (Lipinski definition) is 2. The van der Waals surface area contributed by atoms with Gasteiger partial charge in [-0.25, -0.2) is 8.42 Å². The highest BCUT2D eigenvalue weighted by Gasteiger charge is 2.35. The van der Waals surface area contributed by atoms with E-state index in [0.717, 1.165) is 0 Å². The van der Waals surface area contributed by atoms with E-state index in [1.165, 1.54) is 54.1 Å². The number of pyridine rings is 1. The van der Waals surface area contributed by atoms with E-state index in [0.29, 0.717) is 16.3 Å². The van der Waals surface area contributed by atoms with E-state index in [4.69, 9.17) is 16.3 Å². The van der Waals surface area contributed by atoms with Crippen LogP contribution < -0.4 is 10.1 Å². The molecule has 12 heteroatoms. The van der Waals surface area contributed by atoms with E-state index in [-0.39, 0.29) is 53.6 Å². The molecule has 2 heterocycles. The van der Waals surface area contributed by atoms with Gasteiger partial charge in [-0.3, -0.25) is 14.6 Å². The second-order valence-electron chi connectivity index (χ2n) is 9.76. The predicted octanol–water partition coefficient (Wildman–Crippen LogP) is 3.53. The number of hydrogen-bond acceptors (Lipinski definition) is 7. The number of aliphatic hydroxyl groups is 1. The average molecular weight is 587 g/mol. The van der Waals surface area contributed by atoms with Crippen molar-refractivity contribution in [1.82, 2.24) is 14.2 Å². The Morgan fingerprint density at radius 3 is 2.52 bits per heavy atom. The highest BCUT2D eigenvalue weighted by atomic mass is 35.5. The normalized spacial score (nSPS) is 18.4. The molecule has 3 aromatic rings. The Bertz CT molecular complexity index is 1470. The lowest BCUT2D eigenvalue weighted by Gasteiger charge is -2.38. The Labute approximate surface area is 238 Å². The van der Waals surface area contributed by atoms with Crippen LogP contribution in [0.2, 0.25) is 5.02 Å². The van der Waals surface area contributed by atoms with Gasteiger partial charge in [0, 0.05) is 48.2 Å². The molecule has 0 unspecified atom stereocenters. The molecule has 40 heavy (non-hydrogen) atoms. The second-order valence-corrected chi connectivity index (χ2v) is 12.2. The van der Waals surface area contributed by atoms with Gasteiger partial charge in [-0.15, -0.1) is 0 Å². The van der Waals surface area contributed by atoms with E-state index >= 15 is 0 Å². The monoisotopic (exact) mass is 586 g/mol. The van der Waals surface area contributed by atoms with Gasteiger partial charge in [-0.05, 0) is 61.5 Å². The molecule has 0 saturated carbocycles. The number of aromatic nitrogens is 1. The second kappa shape index (κ2) is 12.3. The molecule has 1 aromatic heterocycles. The Morgan fingerprint density at radius 1 is 1.20 bits per heavy atom. The molecule has 1 aliphatic heterocycles. The molecule has 0 bridgehead atoms. The summed E-state index contributed by atoms with van der Waals surface area (Å²) < 4.78 is 34.0. The lowest BCUT2D eigenvalue weighted by Crippen LogP contribution is -2.50. The van der Waals surface area contributed by atoms with Gasteiger partial charge in [0.25, 0.3) is 11.8 Å². The quantitative estimate of drug-likeness (QED) is 0.413. The molecular weight excluding hydrogens is 556 g/mol. The molecule has 2 amide bonds. The number of aliphatic hydroxyl groups excluding tert-OH is 1. The van der Waals surface area contributed by atoms with Crippen molar-refractivity contribution in [2.75, 3.05) is 32.1 Å². The number of carbonyl (C=O) groups excluding carboxylic acids is 2. The Kier molecular flexibility index (Phi) is 9.09. The number of halogens is 1. The van der Waals surface area contributed by atoms with Crippen molar-refractivity contribution in [3.63, 3.8) is 0 Å². The highest BCUT2D eigenvalue weighted by Crippen LogP contribution is 2.31. The first-order valence-corrected chi connectivity index (χ1v) is 14.5. The molecule has 0 saturated heterocycles. The number of amides is 2. The third kappa shape index (κ3) is 6.44. The van der Waals surface area contributed by atoms with Gasteiger partial charge >= 0.3 is 0 Å². The summed E-state index contributed by atoms with van der Waals surface area (Å²) in [6.45, 7) is 3.55.